The lowest BCUT2D eigenvalue weighted by atomic mass is 9.72. The monoisotopic (exact) mass is 364 g/mol. The van der Waals surface area contributed by atoms with E-state index in [0.29, 0.717) is 0 Å². The molecule has 1 aromatic heterocycles. The third-order valence-corrected chi connectivity index (χ3v) is 4.67. The van der Waals surface area contributed by atoms with Crippen LogP contribution in [0.4, 0.5) is 9.18 Å². The van der Waals surface area contributed by atoms with Crippen molar-refractivity contribution in [3.8, 4) is 0 Å². The molecule has 23 heavy (non-hydrogen) atoms. The number of nitrogens with zero attached hydrogens (tertiary/aromatic N) is 2. The lowest BCUT2D eigenvalue weighted by Crippen LogP contribution is -2.51. The molecule has 126 valence electrons. The predicted octanol–water partition coefficient (Wildman–Crippen LogP) is 3.30. The average Bonchev–Trinajstić information content (AvgIpc) is 2.43. The van der Waals surface area contributed by atoms with E-state index in [1.807, 2.05) is 0 Å². The Kier molecular flexibility index (Phi) is 5.01. The van der Waals surface area contributed by atoms with Crippen LogP contribution in [0.1, 0.15) is 25.5 Å². The van der Waals surface area contributed by atoms with Gasteiger partial charge in [-0.15, -0.1) is 0 Å². The van der Waals surface area contributed by atoms with Gasteiger partial charge in [0, 0.05) is 19.0 Å². The van der Waals surface area contributed by atoms with E-state index >= 15 is 0 Å². The van der Waals surface area contributed by atoms with Crippen molar-refractivity contribution in [3.63, 3.8) is 0 Å². The second kappa shape index (κ2) is 6.49. The van der Waals surface area contributed by atoms with Crippen LogP contribution in [0.3, 0.4) is 0 Å². The maximum absolute atomic E-state index is 14.1. The van der Waals surface area contributed by atoms with Gasteiger partial charge in [-0.1, -0.05) is 23.2 Å². The number of aromatic nitrogens is 1. The molecule has 1 aromatic rings. The lowest BCUT2D eigenvalue weighted by Gasteiger charge is -2.41. The van der Waals surface area contributed by atoms with Gasteiger partial charge in [-0.3, -0.25) is 4.79 Å². The number of pyridine rings is 1. The fourth-order valence-corrected chi connectivity index (χ4v) is 3.48. The van der Waals surface area contributed by atoms with E-state index in [9.17, 15) is 19.1 Å². The second-order valence-corrected chi connectivity index (χ2v) is 6.52. The summed E-state index contributed by atoms with van der Waals surface area (Å²) >= 11 is 11.5. The van der Waals surface area contributed by atoms with Gasteiger partial charge in [0.05, 0.1) is 16.1 Å². The topological polar surface area (TPSA) is 90.7 Å². The van der Waals surface area contributed by atoms with Crippen molar-refractivity contribution in [3.05, 3.63) is 27.8 Å². The highest BCUT2D eigenvalue weighted by atomic mass is 35.5. The fraction of sp³-hybridized carbons (Fsp3) is 0.500. The van der Waals surface area contributed by atoms with Crippen molar-refractivity contribution in [2.75, 3.05) is 6.54 Å². The van der Waals surface area contributed by atoms with Gasteiger partial charge >= 0.3 is 12.1 Å². The molecule has 0 radical (unpaired) electrons. The molecule has 0 saturated carbocycles. The van der Waals surface area contributed by atoms with Crippen LogP contribution in [0.2, 0.25) is 10.2 Å². The van der Waals surface area contributed by atoms with Crippen LogP contribution in [0, 0.1) is 11.2 Å². The molecule has 0 aromatic carbocycles. The summed E-state index contributed by atoms with van der Waals surface area (Å²) in [6.07, 6.45) is -1.19. The van der Waals surface area contributed by atoms with Gasteiger partial charge in [0.15, 0.2) is 5.82 Å². The van der Waals surface area contributed by atoms with E-state index in [-0.39, 0.29) is 41.7 Å². The number of piperidine rings is 1. The first kappa shape index (κ1) is 17.7. The molecule has 2 heterocycles. The molecule has 0 bridgehead atoms. The van der Waals surface area contributed by atoms with Gasteiger partial charge in [-0.25, -0.2) is 14.2 Å². The first-order chi connectivity index (χ1) is 10.7. The van der Waals surface area contributed by atoms with E-state index in [4.69, 9.17) is 28.3 Å². The number of carboxylic acids is 1. The molecule has 1 fully saturated rings. The molecule has 2 unspecified atom stereocenters. The minimum absolute atomic E-state index is 0.0250. The Bertz CT molecular complexity index is 658. The molecule has 2 rings (SSSR count). The lowest BCUT2D eigenvalue weighted by molar-refractivity contribution is -0.153. The first-order valence-corrected chi connectivity index (χ1v) is 7.65. The van der Waals surface area contributed by atoms with Crippen LogP contribution >= 0.6 is 23.2 Å². The third kappa shape index (κ3) is 3.50. The van der Waals surface area contributed by atoms with Crippen LogP contribution in [-0.4, -0.2) is 44.7 Å². The van der Waals surface area contributed by atoms with Gasteiger partial charge < -0.3 is 15.1 Å². The molecule has 6 nitrogen and oxygen atoms in total. The van der Waals surface area contributed by atoms with Crippen LogP contribution in [0.25, 0.3) is 0 Å². The van der Waals surface area contributed by atoms with E-state index in [0.717, 1.165) is 6.07 Å². The van der Waals surface area contributed by atoms with Crippen molar-refractivity contribution in [1.29, 1.82) is 0 Å². The summed E-state index contributed by atoms with van der Waals surface area (Å²) in [5.41, 5.74) is -1.44. The van der Waals surface area contributed by atoms with Gasteiger partial charge in [0.1, 0.15) is 5.15 Å². The molecule has 1 aliphatic rings. The Morgan fingerprint density at radius 1 is 1.48 bits per heavy atom. The number of carbonyl (C=O) groups is 2. The highest BCUT2D eigenvalue weighted by Crippen LogP contribution is 2.39. The maximum atomic E-state index is 14.1. The maximum Gasteiger partial charge on any atom is 0.407 e. The number of likely N-dealkylation sites (tertiary alicyclic amines) is 1. The summed E-state index contributed by atoms with van der Waals surface area (Å²) in [4.78, 5) is 27.9. The van der Waals surface area contributed by atoms with Crippen LogP contribution in [0.5, 0.6) is 0 Å². The molecular formula is C14H15Cl2FN2O4. The summed E-state index contributed by atoms with van der Waals surface area (Å²) in [5.74, 6) is -1.92. The van der Waals surface area contributed by atoms with Crippen molar-refractivity contribution >= 4 is 35.3 Å². The number of carboxylic acid groups (broad SMARTS) is 2. The fourth-order valence-electron chi connectivity index (χ4n) is 3.00. The predicted molar refractivity (Wildman–Crippen MR) is 81.4 cm³/mol. The second-order valence-electron chi connectivity index (χ2n) is 5.73. The molecule has 2 atom stereocenters. The Balaban J connectivity index is 2.34. The minimum atomic E-state index is -1.31. The van der Waals surface area contributed by atoms with Gasteiger partial charge in [0.2, 0.25) is 0 Å². The van der Waals surface area contributed by atoms with Crippen LogP contribution < -0.4 is 0 Å². The number of aliphatic carboxylic acids is 1. The van der Waals surface area contributed by atoms with Crippen molar-refractivity contribution in [2.45, 2.75) is 32.2 Å². The smallest absolute Gasteiger partial charge is 0.407 e. The summed E-state index contributed by atoms with van der Waals surface area (Å²) in [6.45, 7) is 1.68. The van der Waals surface area contributed by atoms with E-state index < -0.39 is 29.3 Å². The van der Waals surface area contributed by atoms with Gasteiger partial charge in [0.25, 0.3) is 0 Å². The number of halogens is 3. The Morgan fingerprint density at radius 3 is 2.65 bits per heavy atom. The molecule has 0 spiro atoms. The normalized spacial score (nSPS) is 24.5. The molecule has 1 aliphatic heterocycles. The minimum Gasteiger partial charge on any atom is -0.481 e. The van der Waals surface area contributed by atoms with Crippen LogP contribution in [0.15, 0.2) is 6.07 Å². The number of hydrogen-bond donors (Lipinski definition) is 2. The first-order valence-electron chi connectivity index (χ1n) is 6.89. The molecule has 1 amide bonds. The molecule has 1 saturated heterocycles. The summed E-state index contributed by atoms with van der Waals surface area (Å²) in [5, 5.41) is 18.5. The summed E-state index contributed by atoms with van der Waals surface area (Å²) in [7, 11) is 0. The van der Waals surface area contributed by atoms with E-state index in [1.165, 1.54) is 4.90 Å². The molecule has 2 N–H and O–H groups in total. The Morgan fingerprint density at radius 2 is 2.13 bits per heavy atom. The standard InChI is InChI=1S/C14H15Cl2FN2O4/c1-7-5-14(12(20)21,2-3-19(7)13(22)23)6-9-11(17)8(15)4-10(16)18-9/h4,7H,2-3,5-6H2,1H3,(H,20,21)(H,22,23). The quantitative estimate of drug-likeness (QED) is 0.802. The summed E-state index contributed by atoms with van der Waals surface area (Å²) < 4.78 is 14.1. The molecule has 0 aliphatic carbocycles. The van der Waals surface area contributed by atoms with Gasteiger partial charge in [-0.2, -0.15) is 0 Å². The SMILES string of the molecule is CC1CC(Cc2nc(Cl)cc(Cl)c2F)(C(=O)O)CCN1C(=O)O. The third-order valence-electron chi connectivity index (χ3n) is 4.21. The zero-order chi connectivity index (χ0) is 17.4. The number of rotatable bonds is 3. The van der Waals surface area contributed by atoms with Crippen molar-refractivity contribution < 1.29 is 24.2 Å². The van der Waals surface area contributed by atoms with Gasteiger partial charge in [-0.05, 0) is 25.8 Å². The number of hydrogen-bond acceptors (Lipinski definition) is 3. The van der Waals surface area contributed by atoms with E-state index in [2.05, 4.69) is 4.98 Å². The highest BCUT2D eigenvalue weighted by molar-refractivity contribution is 6.34. The van der Waals surface area contributed by atoms with Crippen LogP contribution in [-0.2, 0) is 11.2 Å². The largest absolute Gasteiger partial charge is 0.481 e. The average molecular weight is 365 g/mol. The van der Waals surface area contributed by atoms with E-state index in [1.54, 1.807) is 6.92 Å². The zero-order valence-corrected chi connectivity index (χ0v) is 13.7. The Hall–Kier alpha value is -1.60. The molecule has 9 heteroatoms. The Labute approximate surface area is 141 Å². The van der Waals surface area contributed by atoms with Crippen molar-refractivity contribution in [2.24, 2.45) is 5.41 Å². The van der Waals surface area contributed by atoms with Crippen molar-refractivity contribution in [1.82, 2.24) is 9.88 Å². The highest BCUT2D eigenvalue weighted by Gasteiger charge is 2.46. The summed E-state index contributed by atoms with van der Waals surface area (Å²) in [6, 6.07) is 0.639. The molecular weight excluding hydrogens is 350 g/mol. The zero-order valence-electron chi connectivity index (χ0n) is 12.2. The number of amides is 1.